The molecule has 0 aliphatic heterocycles. The van der Waals surface area contributed by atoms with Crippen LogP contribution in [0.25, 0.3) is 0 Å². The molecule has 0 aromatic carbocycles. The molecule has 2 heteroatoms. The monoisotopic (exact) mass is 645 g/mol. The number of aliphatic carboxylic acids is 1. The van der Waals surface area contributed by atoms with Crippen molar-refractivity contribution in [3.8, 4) is 0 Å². The van der Waals surface area contributed by atoms with Gasteiger partial charge in [-0.3, -0.25) is 4.79 Å². The van der Waals surface area contributed by atoms with Crippen molar-refractivity contribution in [3.63, 3.8) is 0 Å². The molecule has 0 aromatic rings. The summed E-state index contributed by atoms with van der Waals surface area (Å²) >= 11 is 0. The van der Waals surface area contributed by atoms with Gasteiger partial charge < -0.3 is 5.11 Å². The summed E-state index contributed by atoms with van der Waals surface area (Å²) < 4.78 is 0. The predicted molar refractivity (Wildman–Crippen MR) is 207 cm³/mol. The van der Waals surface area contributed by atoms with Crippen LogP contribution in [-0.4, -0.2) is 11.1 Å². The van der Waals surface area contributed by atoms with Crippen LogP contribution in [0.4, 0.5) is 0 Å². The van der Waals surface area contributed by atoms with E-state index in [0.29, 0.717) is 6.42 Å². The number of carboxylic acid groups (broad SMARTS) is 1. The highest BCUT2D eigenvalue weighted by Gasteiger charge is 1.98. The topological polar surface area (TPSA) is 37.3 Å². The summed E-state index contributed by atoms with van der Waals surface area (Å²) in [6.07, 6.45) is 60.9. The molecule has 0 aliphatic carbocycles. The van der Waals surface area contributed by atoms with E-state index in [2.05, 4.69) is 31.2 Å². The molecule has 0 rings (SSSR count). The second-order valence-electron chi connectivity index (χ2n) is 14.6. The second-order valence-corrected chi connectivity index (χ2v) is 14.6. The normalized spacial score (nSPS) is 11.8. The zero-order valence-electron chi connectivity index (χ0n) is 31.5. The number of rotatable bonds is 40. The van der Waals surface area contributed by atoms with Gasteiger partial charge in [-0.2, -0.15) is 0 Å². The SMILES string of the molecule is CCCCCCC/C=C\C/C=C\CCCCCCCCCCCCCCCCCCCCCCCCCCCCCCCC(=O)O. The van der Waals surface area contributed by atoms with E-state index in [1.54, 1.807) is 0 Å². The molecule has 0 fully saturated rings. The maximum absolute atomic E-state index is 10.5. The zero-order chi connectivity index (χ0) is 33.3. The quantitative estimate of drug-likeness (QED) is 0.0532. The molecule has 2 nitrogen and oxygen atoms in total. The average Bonchev–Trinajstić information content (AvgIpc) is 3.05. The van der Waals surface area contributed by atoms with Crippen LogP contribution in [0.1, 0.15) is 251 Å². The summed E-state index contributed by atoms with van der Waals surface area (Å²) in [6.45, 7) is 2.29. The molecule has 0 saturated carbocycles. The minimum Gasteiger partial charge on any atom is -0.481 e. The fourth-order valence-corrected chi connectivity index (χ4v) is 6.68. The Morgan fingerprint density at radius 1 is 0.348 bits per heavy atom. The van der Waals surface area contributed by atoms with Gasteiger partial charge in [0.2, 0.25) is 0 Å². The molecule has 0 aliphatic rings. The van der Waals surface area contributed by atoms with Gasteiger partial charge in [0.05, 0.1) is 0 Å². The summed E-state index contributed by atoms with van der Waals surface area (Å²) in [5.41, 5.74) is 0. The smallest absolute Gasteiger partial charge is 0.303 e. The van der Waals surface area contributed by atoms with Crippen LogP contribution in [0.2, 0.25) is 0 Å². The molecule has 0 aromatic heterocycles. The van der Waals surface area contributed by atoms with Crippen LogP contribution < -0.4 is 0 Å². The highest BCUT2D eigenvalue weighted by molar-refractivity contribution is 5.66. The summed E-state index contributed by atoms with van der Waals surface area (Å²) in [7, 11) is 0. The van der Waals surface area contributed by atoms with E-state index in [4.69, 9.17) is 5.11 Å². The first-order valence-corrected chi connectivity index (χ1v) is 21.3. The van der Waals surface area contributed by atoms with Crippen molar-refractivity contribution in [3.05, 3.63) is 24.3 Å². The Morgan fingerprint density at radius 3 is 0.848 bits per heavy atom. The van der Waals surface area contributed by atoms with E-state index in [-0.39, 0.29) is 0 Å². The van der Waals surface area contributed by atoms with Crippen molar-refractivity contribution >= 4 is 5.97 Å². The molecule has 0 heterocycles. The molecule has 0 bridgehead atoms. The number of hydrogen-bond donors (Lipinski definition) is 1. The Hall–Kier alpha value is -1.05. The van der Waals surface area contributed by atoms with Gasteiger partial charge in [-0.05, 0) is 38.5 Å². The van der Waals surface area contributed by atoms with Gasteiger partial charge in [0.15, 0.2) is 0 Å². The summed E-state index contributed by atoms with van der Waals surface area (Å²) in [5.74, 6) is -0.648. The van der Waals surface area contributed by atoms with E-state index in [9.17, 15) is 4.79 Å². The molecule has 0 amide bonds. The molecular formula is C44H84O2. The standard InChI is InChI=1S/C44H84O2/c1-2-3-4-5-6-7-8-9-10-11-12-13-14-15-16-17-18-19-20-21-22-23-24-25-26-27-28-29-30-31-32-33-34-35-36-37-38-39-40-41-42-43-44(45)46/h8-9,11-12H,2-7,10,13-43H2,1H3,(H,45,46)/b9-8-,12-11-. The Labute approximate surface area is 290 Å². The molecule has 0 atom stereocenters. The Kier molecular flexibility index (Phi) is 41.0. The molecule has 46 heavy (non-hydrogen) atoms. The van der Waals surface area contributed by atoms with Crippen LogP contribution in [0, 0.1) is 0 Å². The lowest BCUT2D eigenvalue weighted by molar-refractivity contribution is -0.137. The third kappa shape index (κ3) is 43.0. The summed E-state index contributed by atoms with van der Waals surface area (Å²) in [4.78, 5) is 10.5. The van der Waals surface area contributed by atoms with Gasteiger partial charge in [-0.1, -0.05) is 230 Å². The number of allylic oxidation sites excluding steroid dienone is 4. The first kappa shape index (κ1) is 45.0. The van der Waals surface area contributed by atoms with Crippen molar-refractivity contribution in [2.24, 2.45) is 0 Å². The first-order chi connectivity index (χ1) is 22.8. The van der Waals surface area contributed by atoms with Crippen molar-refractivity contribution in [2.75, 3.05) is 0 Å². The Balaban J connectivity index is 3.10. The largest absolute Gasteiger partial charge is 0.481 e. The molecule has 0 radical (unpaired) electrons. The van der Waals surface area contributed by atoms with E-state index in [0.717, 1.165) is 19.3 Å². The van der Waals surface area contributed by atoms with E-state index in [1.807, 2.05) is 0 Å². The Bertz CT molecular complexity index is 621. The summed E-state index contributed by atoms with van der Waals surface area (Å²) in [6, 6.07) is 0. The Morgan fingerprint density at radius 2 is 0.587 bits per heavy atom. The van der Waals surface area contributed by atoms with E-state index < -0.39 is 5.97 Å². The van der Waals surface area contributed by atoms with Gasteiger partial charge in [-0.15, -0.1) is 0 Å². The number of unbranched alkanes of at least 4 members (excludes halogenated alkanes) is 34. The fraction of sp³-hybridized carbons (Fsp3) is 0.886. The molecule has 0 spiro atoms. The van der Waals surface area contributed by atoms with Crippen LogP contribution in [0.15, 0.2) is 24.3 Å². The van der Waals surface area contributed by atoms with Gasteiger partial charge in [0, 0.05) is 6.42 Å². The predicted octanol–water partition coefficient (Wildman–Crippen LogP) is 16.0. The van der Waals surface area contributed by atoms with Crippen LogP contribution in [-0.2, 0) is 4.79 Å². The van der Waals surface area contributed by atoms with Crippen LogP contribution in [0.3, 0.4) is 0 Å². The molecule has 0 saturated heterocycles. The van der Waals surface area contributed by atoms with Gasteiger partial charge in [0.25, 0.3) is 0 Å². The lowest BCUT2D eigenvalue weighted by atomic mass is 10.0. The lowest BCUT2D eigenvalue weighted by Crippen LogP contribution is -1.93. The molecular weight excluding hydrogens is 560 g/mol. The van der Waals surface area contributed by atoms with Gasteiger partial charge >= 0.3 is 5.97 Å². The molecule has 272 valence electrons. The zero-order valence-corrected chi connectivity index (χ0v) is 31.5. The third-order valence-corrected chi connectivity index (χ3v) is 9.84. The van der Waals surface area contributed by atoms with Crippen LogP contribution in [0.5, 0.6) is 0 Å². The van der Waals surface area contributed by atoms with Crippen molar-refractivity contribution in [1.82, 2.24) is 0 Å². The number of hydrogen-bond acceptors (Lipinski definition) is 1. The maximum atomic E-state index is 10.5. The molecule has 0 unspecified atom stereocenters. The van der Waals surface area contributed by atoms with E-state index >= 15 is 0 Å². The highest BCUT2D eigenvalue weighted by Crippen LogP contribution is 2.17. The van der Waals surface area contributed by atoms with Gasteiger partial charge in [-0.25, -0.2) is 0 Å². The fourth-order valence-electron chi connectivity index (χ4n) is 6.68. The number of carboxylic acids is 1. The van der Waals surface area contributed by atoms with Gasteiger partial charge in [0.1, 0.15) is 0 Å². The molecule has 1 N–H and O–H groups in total. The average molecular weight is 645 g/mol. The van der Waals surface area contributed by atoms with Crippen LogP contribution >= 0.6 is 0 Å². The van der Waals surface area contributed by atoms with Crippen molar-refractivity contribution in [2.45, 2.75) is 251 Å². The minimum absolute atomic E-state index is 0.345. The first-order valence-electron chi connectivity index (χ1n) is 21.3. The lowest BCUT2D eigenvalue weighted by Gasteiger charge is -2.04. The minimum atomic E-state index is -0.648. The maximum Gasteiger partial charge on any atom is 0.303 e. The summed E-state index contributed by atoms with van der Waals surface area (Å²) in [5, 5.41) is 8.65. The second kappa shape index (κ2) is 42.0. The third-order valence-electron chi connectivity index (χ3n) is 9.84. The highest BCUT2D eigenvalue weighted by atomic mass is 16.4. The van der Waals surface area contributed by atoms with Crippen molar-refractivity contribution in [1.29, 1.82) is 0 Å². The number of carbonyl (C=O) groups is 1. The van der Waals surface area contributed by atoms with E-state index in [1.165, 1.54) is 218 Å². The van der Waals surface area contributed by atoms with Crippen molar-refractivity contribution < 1.29 is 9.90 Å².